The standard InChI is InChI=1S/C5H5F2N3/c6-4-1-3(10-8)2-5(7)9-4/h1-2H,8H2,(H,9,10). The van der Waals surface area contributed by atoms with Crippen molar-refractivity contribution < 1.29 is 8.78 Å². The zero-order chi connectivity index (χ0) is 7.56. The van der Waals surface area contributed by atoms with Gasteiger partial charge in [0.1, 0.15) is 0 Å². The molecule has 0 bridgehead atoms. The first-order valence-electron chi connectivity index (χ1n) is 2.52. The van der Waals surface area contributed by atoms with E-state index >= 15 is 0 Å². The van der Waals surface area contributed by atoms with Gasteiger partial charge in [-0.2, -0.15) is 13.8 Å². The molecule has 0 aliphatic heterocycles. The molecule has 0 saturated carbocycles. The smallest absolute Gasteiger partial charge is 0.217 e. The van der Waals surface area contributed by atoms with Crippen molar-refractivity contribution in [1.29, 1.82) is 0 Å². The van der Waals surface area contributed by atoms with Crippen LogP contribution in [0.1, 0.15) is 0 Å². The SMILES string of the molecule is NNc1cc(F)nc(F)c1. The zero-order valence-corrected chi connectivity index (χ0v) is 4.94. The van der Waals surface area contributed by atoms with E-state index in [2.05, 4.69) is 10.4 Å². The molecule has 10 heavy (non-hydrogen) atoms. The minimum absolute atomic E-state index is 0.157. The molecule has 1 heterocycles. The molecule has 1 aromatic rings. The van der Waals surface area contributed by atoms with Gasteiger partial charge < -0.3 is 5.43 Å². The third-order valence-corrected chi connectivity index (χ3v) is 0.929. The number of pyridine rings is 1. The number of aromatic nitrogens is 1. The van der Waals surface area contributed by atoms with E-state index in [0.29, 0.717) is 0 Å². The molecule has 3 N–H and O–H groups in total. The first-order valence-corrected chi connectivity index (χ1v) is 2.52. The topological polar surface area (TPSA) is 50.9 Å². The van der Waals surface area contributed by atoms with Crippen molar-refractivity contribution in [3.8, 4) is 0 Å². The molecule has 0 fully saturated rings. The summed E-state index contributed by atoms with van der Waals surface area (Å²) in [7, 11) is 0. The van der Waals surface area contributed by atoms with Crippen LogP contribution < -0.4 is 11.3 Å². The van der Waals surface area contributed by atoms with Gasteiger partial charge in [0.25, 0.3) is 0 Å². The molecule has 3 nitrogen and oxygen atoms in total. The van der Waals surface area contributed by atoms with E-state index in [4.69, 9.17) is 5.84 Å². The van der Waals surface area contributed by atoms with E-state index in [1.165, 1.54) is 0 Å². The number of hydrogen-bond donors (Lipinski definition) is 2. The van der Waals surface area contributed by atoms with Gasteiger partial charge in [0.05, 0.1) is 5.69 Å². The molecule has 1 rings (SSSR count). The summed E-state index contributed by atoms with van der Waals surface area (Å²) in [5, 5.41) is 0. The van der Waals surface area contributed by atoms with Gasteiger partial charge >= 0.3 is 0 Å². The summed E-state index contributed by atoms with van der Waals surface area (Å²) in [5.41, 5.74) is 2.25. The monoisotopic (exact) mass is 145 g/mol. The fourth-order valence-electron chi connectivity index (χ4n) is 0.548. The fourth-order valence-corrected chi connectivity index (χ4v) is 0.548. The summed E-state index contributed by atoms with van der Waals surface area (Å²) in [4.78, 5) is 2.85. The summed E-state index contributed by atoms with van der Waals surface area (Å²) in [6, 6.07) is 1.98. The van der Waals surface area contributed by atoms with Gasteiger partial charge in [0, 0.05) is 12.1 Å². The summed E-state index contributed by atoms with van der Waals surface area (Å²) in [6.45, 7) is 0. The maximum absolute atomic E-state index is 12.2. The Hall–Kier alpha value is -1.23. The van der Waals surface area contributed by atoms with Crippen LogP contribution in [-0.2, 0) is 0 Å². The first-order chi connectivity index (χ1) is 4.72. The van der Waals surface area contributed by atoms with Gasteiger partial charge in [-0.1, -0.05) is 0 Å². The lowest BCUT2D eigenvalue weighted by atomic mass is 10.4. The van der Waals surface area contributed by atoms with Crippen LogP contribution in [-0.4, -0.2) is 4.98 Å². The molecular formula is C5H5F2N3. The Morgan fingerprint density at radius 2 is 1.80 bits per heavy atom. The van der Waals surface area contributed by atoms with Crippen LogP contribution in [0.2, 0.25) is 0 Å². The second-order valence-corrected chi connectivity index (χ2v) is 1.65. The Labute approximate surface area is 55.8 Å². The van der Waals surface area contributed by atoms with Gasteiger partial charge in [-0.25, -0.2) is 0 Å². The van der Waals surface area contributed by atoms with Gasteiger partial charge in [0.2, 0.25) is 11.9 Å². The molecule has 0 spiro atoms. The lowest BCUT2D eigenvalue weighted by Crippen LogP contribution is -2.07. The van der Waals surface area contributed by atoms with Gasteiger partial charge in [0.15, 0.2) is 0 Å². The van der Waals surface area contributed by atoms with Crippen LogP contribution in [0, 0.1) is 11.9 Å². The van der Waals surface area contributed by atoms with Crippen LogP contribution in [0.4, 0.5) is 14.5 Å². The lowest BCUT2D eigenvalue weighted by molar-refractivity contribution is 0.513. The van der Waals surface area contributed by atoms with Gasteiger partial charge in [-0.15, -0.1) is 0 Å². The number of nitrogens with zero attached hydrogens (tertiary/aromatic N) is 1. The van der Waals surface area contributed by atoms with Crippen LogP contribution >= 0.6 is 0 Å². The van der Waals surface area contributed by atoms with Crippen molar-refractivity contribution >= 4 is 5.69 Å². The number of hydrogen-bond acceptors (Lipinski definition) is 3. The van der Waals surface area contributed by atoms with E-state index < -0.39 is 11.9 Å². The summed E-state index contributed by atoms with van der Waals surface area (Å²) < 4.78 is 24.3. The van der Waals surface area contributed by atoms with Gasteiger partial charge in [-0.3, -0.25) is 5.84 Å². The quantitative estimate of drug-likeness (QED) is 0.346. The third-order valence-electron chi connectivity index (χ3n) is 0.929. The predicted octanol–water partition coefficient (Wildman–Crippen LogP) is 0.645. The van der Waals surface area contributed by atoms with E-state index in [1.807, 2.05) is 0 Å². The van der Waals surface area contributed by atoms with Crippen molar-refractivity contribution in [1.82, 2.24) is 4.98 Å². The molecule has 0 aromatic carbocycles. The van der Waals surface area contributed by atoms with Crippen molar-refractivity contribution in [2.75, 3.05) is 5.43 Å². The lowest BCUT2D eigenvalue weighted by Gasteiger charge is -1.97. The van der Waals surface area contributed by atoms with Crippen molar-refractivity contribution in [3.05, 3.63) is 24.0 Å². The number of rotatable bonds is 1. The molecule has 0 aliphatic rings. The number of nitrogens with two attached hydrogens (primary N) is 1. The molecule has 0 aliphatic carbocycles. The highest BCUT2D eigenvalue weighted by Crippen LogP contribution is 2.07. The third kappa shape index (κ3) is 1.38. The van der Waals surface area contributed by atoms with E-state index in [1.54, 1.807) is 0 Å². The van der Waals surface area contributed by atoms with E-state index in [0.717, 1.165) is 12.1 Å². The average molecular weight is 145 g/mol. The summed E-state index contributed by atoms with van der Waals surface area (Å²) >= 11 is 0. The molecule has 0 atom stereocenters. The molecule has 54 valence electrons. The maximum Gasteiger partial charge on any atom is 0.217 e. The Balaban J connectivity index is 3.06. The Morgan fingerprint density at radius 1 is 1.30 bits per heavy atom. The van der Waals surface area contributed by atoms with E-state index in [9.17, 15) is 8.78 Å². The molecule has 0 unspecified atom stereocenters. The summed E-state index contributed by atoms with van der Waals surface area (Å²) in [5.74, 6) is 3.09. The minimum Gasteiger partial charge on any atom is -0.324 e. The molecule has 0 radical (unpaired) electrons. The van der Waals surface area contributed by atoms with Crippen molar-refractivity contribution in [2.45, 2.75) is 0 Å². The number of hydrazine groups is 1. The number of nitrogen functional groups attached to an aromatic ring is 1. The normalized spacial score (nSPS) is 9.50. The van der Waals surface area contributed by atoms with Crippen LogP contribution in [0.15, 0.2) is 12.1 Å². The first kappa shape index (κ1) is 6.88. The number of anilines is 1. The van der Waals surface area contributed by atoms with Crippen molar-refractivity contribution in [3.63, 3.8) is 0 Å². The van der Waals surface area contributed by atoms with Crippen LogP contribution in [0.5, 0.6) is 0 Å². The van der Waals surface area contributed by atoms with Gasteiger partial charge in [-0.05, 0) is 0 Å². The highest BCUT2D eigenvalue weighted by atomic mass is 19.1. The molecule has 0 saturated heterocycles. The average Bonchev–Trinajstić information content (AvgIpc) is 1.85. The highest BCUT2D eigenvalue weighted by Gasteiger charge is 1.98. The van der Waals surface area contributed by atoms with Crippen LogP contribution in [0.25, 0.3) is 0 Å². The second-order valence-electron chi connectivity index (χ2n) is 1.65. The Bertz CT molecular complexity index is 218. The predicted molar refractivity (Wildman–Crippen MR) is 32.0 cm³/mol. The number of halogens is 2. The minimum atomic E-state index is -0.895. The zero-order valence-electron chi connectivity index (χ0n) is 4.94. The Morgan fingerprint density at radius 3 is 2.20 bits per heavy atom. The largest absolute Gasteiger partial charge is 0.324 e. The fraction of sp³-hybridized carbons (Fsp3) is 0. The summed E-state index contributed by atoms with van der Waals surface area (Å²) in [6.07, 6.45) is 0. The Kier molecular flexibility index (Phi) is 1.77. The van der Waals surface area contributed by atoms with E-state index in [-0.39, 0.29) is 5.69 Å². The highest BCUT2D eigenvalue weighted by molar-refractivity contribution is 5.39. The molecular weight excluding hydrogens is 140 g/mol. The van der Waals surface area contributed by atoms with Crippen molar-refractivity contribution in [2.24, 2.45) is 5.84 Å². The number of nitrogens with one attached hydrogen (secondary N) is 1. The molecule has 0 amide bonds. The molecule has 1 aromatic heterocycles. The maximum atomic E-state index is 12.2. The second kappa shape index (κ2) is 2.57. The molecule has 5 heteroatoms. The van der Waals surface area contributed by atoms with Crippen LogP contribution in [0.3, 0.4) is 0 Å².